The first-order valence-electron chi connectivity index (χ1n) is 7.87. The molecule has 2 fully saturated rings. The third kappa shape index (κ3) is 4.73. The lowest BCUT2D eigenvalue weighted by Gasteiger charge is -2.41. The van der Waals surface area contributed by atoms with Crippen molar-refractivity contribution in [3.63, 3.8) is 0 Å². The van der Waals surface area contributed by atoms with Gasteiger partial charge < -0.3 is 14.8 Å². The molecule has 1 N–H and O–H groups in total. The molecule has 0 aromatic rings. The van der Waals surface area contributed by atoms with Gasteiger partial charge in [0.15, 0.2) is 0 Å². The Morgan fingerprint density at radius 1 is 1.16 bits per heavy atom. The second-order valence-electron chi connectivity index (χ2n) is 7.57. The molecule has 3 nitrogen and oxygen atoms in total. The lowest BCUT2D eigenvalue weighted by atomic mass is 9.74. The molecule has 0 bridgehead atoms. The van der Waals surface area contributed by atoms with Gasteiger partial charge in [-0.2, -0.15) is 0 Å². The van der Waals surface area contributed by atoms with Crippen LogP contribution in [0.4, 0.5) is 0 Å². The molecule has 0 radical (unpaired) electrons. The predicted molar refractivity (Wildman–Crippen MR) is 78.4 cm³/mol. The van der Waals surface area contributed by atoms with E-state index in [4.69, 9.17) is 9.47 Å². The van der Waals surface area contributed by atoms with Crippen LogP contribution in [0.2, 0.25) is 0 Å². The molecule has 19 heavy (non-hydrogen) atoms. The van der Waals surface area contributed by atoms with Crippen molar-refractivity contribution in [1.29, 1.82) is 0 Å². The Hall–Kier alpha value is -0.120. The fraction of sp³-hybridized carbons (Fsp3) is 1.00. The summed E-state index contributed by atoms with van der Waals surface area (Å²) in [4.78, 5) is 0. The zero-order chi connectivity index (χ0) is 13.9. The highest BCUT2D eigenvalue weighted by atomic mass is 16.5. The van der Waals surface area contributed by atoms with Crippen LogP contribution in [0.5, 0.6) is 0 Å². The van der Waals surface area contributed by atoms with Gasteiger partial charge in [0, 0.05) is 25.3 Å². The van der Waals surface area contributed by atoms with Crippen molar-refractivity contribution in [3.05, 3.63) is 0 Å². The van der Waals surface area contributed by atoms with Crippen LogP contribution in [0.15, 0.2) is 0 Å². The largest absolute Gasteiger partial charge is 0.381 e. The molecule has 2 heterocycles. The second-order valence-corrected chi connectivity index (χ2v) is 7.57. The molecule has 0 saturated carbocycles. The molecule has 0 spiro atoms. The van der Waals surface area contributed by atoms with Gasteiger partial charge in [-0.05, 0) is 65.2 Å². The molecule has 2 aliphatic rings. The topological polar surface area (TPSA) is 30.5 Å². The molecule has 0 aliphatic carbocycles. The molecule has 0 amide bonds. The first kappa shape index (κ1) is 15.3. The summed E-state index contributed by atoms with van der Waals surface area (Å²) in [5.74, 6) is 0. The summed E-state index contributed by atoms with van der Waals surface area (Å²) in [5.41, 5.74) is 0.565. The van der Waals surface area contributed by atoms with Crippen molar-refractivity contribution in [2.24, 2.45) is 5.41 Å². The first-order chi connectivity index (χ1) is 8.89. The first-order valence-corrected chi connectivity index (χ1v) is 7.87. The van der Waals surface area contributed by atoms with Gasteiger partial charge in [0.25, 0.3) is 0 Å². The molecule has 2 atom stereocenters. The lowest BCUT2D eigenvalue weighted by Crippen LogP contribution is -2.47. The highest BCUT2D eigenvalue weighted by Gasteiger charge is 2.37. The molecule has 0 aromatic heterocycles. The Balaban J connectivity index is 1.93. The van der Waals surface area contributed by atoms with E-state index in [2.05, 4.69) is 33.0 Å². The van der Waals surface area contributed by atoms with Crippen LogP contribution in [0.1, 0.15) is 59.8 Å². The van der Waals surface area contributed by atoms with Gasteiger partial charge in [0.05, 0.1) is 12.2 Å². The molecule has 112 valence electrons. The number of ether oxygens (including phenoxy) is 2. The SMILES string of the molecule is CC1CCC(CC2(CNC(C)(C)C)CCOCC2)O1. The molecule has 2 unspecified atom stereocenters. The molecule has 2 saturated heterocycles. The zero-order valence-electron chi connectivity index (χ0n) is 13.1. The van der Waals surface area contributed by atoms with Gasteiger partial charge in [-0.25, -0.2) is 0 Å². The summed E-state index contributed by atoms with van der Waals surface area (Å²) in [7, 11) is 0. The van der Waals surface area contributed by atoms with Gasteiger partial charge in [-0.3, -0.25) is 0 Å². The maximum absolute atomic E-state index is 6.05. The summed E-state index contributed by atoms with van der Waals surface area (Å²) in [6.07, 6.45) is 6.93. The molecule has 2 rings (SSSR count). The third-order valence-corrected chi connectivity index (χ3v) is 4.53. The Labute approximate surface area is 118 Å². The van der Waals surface area contributed by atoms with E-state index in [9.17, 15) is 0 Å². The van der Waals surface area contributed by atoms with E-state index in [1.54, 1.807) is 0 Å². The van der Waals surface area contributed by atoms with Gasteiger partial charge in [-0.15, -0.1) is 0 Å². The van der Waals surface area contributed by atoms with E-state index in [0.29, 0.717) is 17.6 Å². The zero-order valence-corrected chi connectivity index (χ0v) is 13.1. The van der Waals surface area contributed by atoms with Crippen molar-refractivity contribution >= 4 is 0 Å². The standard InChI is InChI=1S/C16H31NO2/c1-13-5-6-14(19-13)11-16(7-9-18-10-8-16)12-17-15(2,3)4/h13-14,17H,5-12H2,1-4H3. The monoisotopic (exact) mass is 269 g/mol. The van der Waals surface area contributed by atoms with Crippen molar-refractivity contribution in [1.82, 2.24) is 5.32 Å². The average molecular weight is 269 g/mol. The Morgan fingerprint density at radius 3 is 2.37 bits per heavy atom. The van der Waals surface area contributed by atoms with Crippen LogP contribution in [0.3, 0.4) is 0 Å². The van der Waals surface area contributed by atoms with E-state index < -0.39 is 0 Å². The van der Waals surface area contributed by atoms with E-state index in [-0.39, 0.29) is 5.54 Å². The predicted octanol–water partition coefficient (Wildman–Crippen LogP) is 3.13. The molecule has 3 heteroatoms. The van der Waals surface area contributed by atoms with Gasteiger partial charge >= 0.3 is 0 Å². The van der Waals surface area contributed by atoms with Gasteiger partial charge in [0.2, 0.25) is 0 Å². The average Bonchev–Trinajstić information content (AvgIpc) is 2.73. The summed E-state index contributed by atoms with van der Waals surface area (Å²) in [5, 5.41) is 3.71. The fourth-order valence-corrected chi connectivity index (χ4v) is 3.23. The Morgan fingerprint density at radius 2 is 1.84 bits per heavy atom. The van der Waals surface area contributed by atoms with Crippen LogP contribution in [0.25, 0.3) is 0 Å². The van der Waals surface area contributed by atoms with E-state index in [0.717, 1.165) is 19.8 Å². The molecular weight excluding hydrogens is 238 g/mol. The quantitative estimate of drug-likeness (QED) is 0.850. The van der Waals surface area contributed by atoms with Crippen molar-refractivity contribution in [2.45, 2.75) is 77.5 Å². The Bertz CT molecular complexity index is 279. The lowest BCUT2D eigenvalue weighted by molar-refractivity contribution is -0.0322. The minimum absolute atomic E-state index is 0.190. The van der Waals surface area contributed by atoms with Crippen molar-refractivity contribution in [3.8, 4) is 0 Å². The number of rotatable bonds is 4. The summed E-state index contributed by atoms with van der Waals surface area (Å²) >= 11 is 0. The van der Waals surface area contributed by atoms with E-state index in [1.807, 2.05) is 0 Å². The van der Waals surface area contributed by atoms with Crippen molar-refractivity contribution in [2.75, 3.05) is 19.8 Å². The van der Waals surface area contributed by atoms with Gasteiger partial charge in [0.1, 0.15) is 0 Å². The normalized spacial score (nSPS) is 31.6. The highest BCUT2D eigenvalue weighted by molar-refractivity contribution is 4.90. The van der Waals surface area contributed by atoms with E-state index >= 15 is 0 Å². The van der Waals surface area contributed by atoms with Crippen molar-refractivity contribution < 1.29 is 9.47 Å². The fourth-order valence-electron chi connectivity index (χ4n) is 3.23. The molecular formula is C16H31NO2. The van der Waals surface area contributed by atoms with Crippen LogP contribution in [0, 0.1) is 5.41 Å². The van der Waals surface area contributed by atoms with Crippen LogP contribution < -0.4 is 5.32 Å². The number of hydrogen-bond donors (Lipinski definition) is 1. The van der Waals surface area contributed by atoms with Gasteiger partial charge in [-0.1, -0.05) is 0 Å². The number of hydrogen-bond acceptors (Lipinski definition) is 3. The maximum atomic E-state index is 6.05. The minimum Gasteiger partial charge on any atom is -0.381 e. The highest BCUT2D eigenvalue weighted by Crippen LogP contribution is 2.39. The maximum Gasteiger partial charge on any atom is 0.0585 e. The minimum atomic E-state index is 0.190. The number of nitrogens with one attached hydrogen (secondary N) is 1. The summed E-state index contributed by atoms with van der Waals surface area (Å²) in [6.45, 7) is 11.8. The Kier molecular flexibility index (Phi) is 4.91. The van der Waals surface area contributed by atoms with Crippen LogP contribution in [-0.2, 0) is 9.47 Å². The smallest absolute Gasteiger partial charge is 0.0585 e. The van der Waals surface area contributed by atoms with Crippen LogP contribution >= 0.6 is 0 Å². The second kappa shape index (κ2) is 6.11. The molecule has 0 aromatic carbocycles. The van der Waals surface area contributed by atoms with E-state index in [1.165, 1.54) is 32.1 Å². The third-order valence-electron chi connectivity index (χ3n) is 4.53. The molecule has 2 aliphatic heterocycles. The summed E-state index contributed by atoms with van der Waals surface area (Å²) < 4.78 is 11.6. The summed E-state index contributed by atoms with van der Waals surface area (Å²) in [6, 6.07) is 0. The van der Waals surface area contributed by atoms with Crippen LogP contribution in [-0.4, -0.2) is 37.5 Å².